The second-order valence-electron chi connectivity index (χ2n) is 7.05. The minimum Gasteiger partial charge on any atom is -0.473 e. The molecule has 1 amide bonds. The van der Waals surface area contributed by atoms with Crippen LogP contribution in [0.1, 0.15) is 41.6 Å². The number of halogens is 2. The van der Waals surface area contributed by atoms with Crippen LogP contribution in [0, 0.1) is 0 Å². The molecule has 1 N–H and O–H groups in total. The molecular weight excluding hydrogens is 403 g/mol. The molecule has 4 rings (SSSR count). The Hall–Kier alpha value is -2.31. The number of fused-ring (bicyclic) bond motifs is 2. The molecule has 2 aromatic rings. The van der Waals surface area contributed by atoms with Gasteiger partial charge in [-0.05, 0) is 55.5 Å². The molecule has 0 unspecified atom stereocenters. The molecule has 1 aromatic carbocycles. The summed E-state index contributed by atoms with van der Waals surface area (Å²) in [4.78, 5) is 28.8. The van der Waals surface area contributed by atoms with Crippen molar-refractivity contribution in [3.63, 3.8) is 0 Å². The number of carbonyl (C=O) groups is 2. The Labute approximate surface area is 172 Å². The third kappa shape index (κ3) is 3.20. The number of pyridine rings is 1. The van der Waals surface area contributed by atoms with Gasteiger partial charge in [0.2, 0.25) is 11.8 Å². The molecule has 2 aliphatic rings. The predicted molar refractivity (Wildman–Crippen MR) is 105 cm³/mol. The van der Waals surface area contributed by atoms with Crippen LogP contribution in [0.3, 0.4) is 0 Å². The van der Waals surface area contributed by atoms with E-state index < -0.39 is 11.4 Å². The number of benzene rings is 1. The fourth-order valence-corrected chi connectivity index (χ4v) is 4.43. The minimum atomic E-state index is -0.656. The maximum atomic E-state index is 12.8. The number of carbonyl (C=O) groups excluding carboxylic acids is 2. The molecule has 0 saturated heterocycles. The zero-order valence-electron chi connectivity index (χ0n) is 15.1. The second-order valence-corrected chi connectivity index (χ2v) is 7.89. The fourth-order valence-electron chi connectivity index (χ4n) is 4.00. The highest BCUT2D eigenvalue weighted by molar-refractivity contribution is 6.35. The van der Waals surface area contributed by atoms with Crippen LogP contribution in [-0.2, 0) is 14.9 Å². The summed E-state index contributed by atoms with van der Waals surface area (Å²) in [5, 5.41) is 3.75. The molecule has 1 fully saturated rings. The van der Waals surface area contributed by atoms with Crippen LogP contribution in [0.4, 0.5) is 5.69 Å². The molecule has 28 heavy (non-hydrogen) atoms. The van der Waals surface area contributed by atoms with Crippen molar-refractivity contribution in [1.29, 1.82) is 0 Å². The Balaban J connectivity index is 1.54. The first-order valence-electron chi connectivity index (χ1n) is 8.95. The van der Waals surface area contributed by atoms with Gasteiger partial charge < -0.3 is 14.8 Å². The third-order valence-corrected chi connectivity index (χ3v) is 5.96. The van der Waals surface area contributed by atoms with Crippen LogP contribution < -0.4 is 10.1 Å². The zero-order chi connectivity index (χ0) is 19.9. The van der Waals surface area contributed by atoms with Crippen LogP contribution in [0.5, 0.6) is 5.88 Å². The zero-order valence-corrected chi connectivity index (χ0v) is 16.6. The van der Waals surface area contributed by atoms with Gasteiger partial charge in [-0.2, -0.15) is 0 Å². The van der Waals surface area contributed by atoms with E-state index in [0.29, 0.717) is 47.2 Å². The van der Waals surface area contributed by atoms with Gasteiger partial charge in [-0.1, -0.05) is 23.2 Å². The summed E-state index contributed by atoms with van der Waals surface area (Å²) in [6.07, 6.45) is 3.92. The molecule has 2 heterocycles. The van der Waals surface area contributed by atoms with Gasteiger partial charge in [0.25, 0.3) is 0 Å². The van der Waals surface area contributed by atoms with Crippen molar-refractivity contribution in [2.75, 3.05) is 12.4 Å². The van der Waals surface area contributed by atoms with Crippen LogP contribution in [-0.4, -0.2) is 30.1 Å². The smallest absolute Gasteiger partial charge is 0.337 e. The van der Waals surface area contributed by atoms with Gasteiger partial charge in [-0.15, -0.1) is 0 Å². The Morgan fingerprint density at radius 3 is 2.68 bits per heavy atom. The summed E-state index contributed by atoms with van der Waals surface area (Å²) >= 11 is 12.0. The van der Waals surface area contributed by atoms with E-state index in [0.717, 1.165) is 11.3 Å². The van der Waals surface area contributed by atoms with Gasteiger partial charge in [0.1, 0.15) is 11.1 Å². The summed E-state index contributed by atoms with van der Waals surface area (Å²) in [6.45, 7) is 0. The number of hydrogen-bond acceptors (Lipinski definition) is 5. The second kappa shape index (κ2) is 7.26. The highest BCUT2D eigenvalue weighted by Crippen LogP contribution is 2.48. The molecule has 0 atom stereocenters. The molecule has 0 radical (unpaired) electrons. The molecule has 6 nitrogen and oxygen atoms in total. The van der Waals surface area contributed by atoms with E-state index in [9.17, 15) is 9.59 Å². The first kappa shape index (κ1) is 19.0. The monoisotopic (exact) mass is 420 g/mol. The van der Waals surface area contributed by atoms with Crippen molar-refractivity contribution < 1.29 is 19.1 Å². The standard InChI is InChI=1S/C20H18Cl2N2O4/c1-27-18(25)11-2-3-16-14(8-11)20(19(26)24-16)6-4-13(5-7-20)28-17-15(22)9-12(21)10-23-17/h2-3,8-10,13H,4-7H2,1H3,(H,24,26). The maximum Gasteiger partial charge on any atom is 0.337 e. The number of anilines is 1. The van der Waals surface area contributed by atoms with E-state index >= 15 is 0 Å². The molecule has 1 aliphatic carbocycles. The largest absolute Gasteiger partial charge is 0.473 e. The number of amides is 1. The lowest BCUT2D eigenvalue weighted by molar-refractivity contribution is -0.122. The highest BCUT2D eigenvalue weighted by Gasteiger charge is 2.49. The number of nitrogens with one attached hydrogen (secondary N) is 1. The van der Waals surface area contributed by atoms with Crippen LogP contribution in [0.15, 0.2) is 30.5 Å². The van der Waals surface area contributed by atoms with Gasteiger partial charge >= 0.3 is 5.97 Å². The molecule has 146 valence electrons. The number of rotatable bonds is 3. The predicted octanol–water partition coefficient (Wildman–Crippen LogP) is 4.39. The fraction of sp³-hybridized carbons (Fsp3) is 0.350. The lowest BCUT2D eigenvalue weighted by Gasteiger charge is -2.35. The number of methoxy groups -OCH3 is 1. The third-order valence-electron chi connectivity index (χ3n) is 5.48. The molecule has 0 bridgehead atoms. The van der Waals surface area contributed by atoms with Crippen molar-refractivity contribution in [2.24, 2.45) is 0 Å². The van der Waals surface area contributed by atoms with E-state index in [1.807, 2.05) is 0 Å². The van der Waals surface area contributed by atoms with Crippen molar-refractivity contribution >= 4 is 40.8 Å². The average Bonchev–Trinajstić information content (AvgIpc) is 2.96. The van der Waals surface area contributed by atoms with Crippen molar-refractivity contribution in [2.45, 2.75) is 37.2 Å². The SMILES string of the molecule is COC(=O)c1ccc2c(c1)C1(CCC(Oc3ncc(Cl)cc3Cl)CC1)C(=O)N2. The van der Waals surface area contributed by atoms with E-state index in [-0.39, 0.29) is 12.0 Å². The summed E-state index contributed by atoms with van der Waals surface area (Å²) < 4.78 is 10.7. The van der Waals surface area contributed by atoms with Crippen molar-refractivity contribution in [3.8, 4) is 5.88 Å². The Morgan fingerprint density at radius 2 is 2.00 bits per heavy atom. The van der Waals surface area contributed by atoms with E-state index in [1.165, 1.54) is 13.3 Å². The highest BCUT2D eigenvalue weighted by atomic mass is 35.5. The van der Waals surface area contributed by atoms with Crippen LogP contribution in [0.25, 0.3) is 0 Å². The number of hydrogen-bond donors (Lipinski definition) is 1. The maximum absolute atomic E-state index is 12.8. The average molecular weight is 421 g/mol. The Kier molecular flexibility index (Phi) is 4.93. The molecular formula is C20H18Cl2N2O4. The first-order valence-corrected chi connectivity index (χ1v) is 9.70. The number of aromatic nitrogens is 1. The molecule has 1 spiro atoms. The molecule has 8 heteroatoms. The summed E-state index contributed by atoms with van der Waals surface area (Å²) in [7, 11) is 1.34. The van der Waals surface area contributed by atoms with Crippen molar-refractivity contribution in [1.82, 2.24) is 4.98 Å². The molecule has 1 saturated carbocycles. The number of esters is 1. The topological polar surface area (TPSA) is 77.5 Å². The number of nitrogens with zero attached hydrogens (tertiary/aromatic N) is 1. The van der Waals surface area contributed by atoms with E-state index in [1.54, 1.807) is 24.3 Å². The Morgan fingerprint density at radius 1 is 1.25 bits per heavy atom. The lowest BCUT2D eigenvalue weighted by atomic mass is 9.69. The normalized spacial score (nSPS) is 23.2. The molecule has 1 aromatic heterocycles. The van der Waals surface area contributed by atoms with E-state index in [2.05, 4.69) is 10.3 Å². The van der Waals surface area contributed by atoms with Crippen LogP contribution >= 0.6 is 23.2 Å². The lowest BCUT2D eigenvalue weighted by Crippen LogP contribution is -2.41. The van der Waals surface area contributed by atoms with E-state index in [4.69, 9.17) is 32.7 Å². The van der Waals surface area contributed by atoms with Gasteiger partial charge in [0.05, 0.1) is 23.1 Å². The number of ether oxygens (including phenoxy) is 2. The summed E-state index contributed by atoms with van der Waals surface area (Å²) in [5.41, 5.74) is 1.38. The van der Waals surface area contributed by atoms with Crippen LogP contribution in [0.2, 0.25) is 10.0 Å². The summed E-state index contributed by atoms with van der Waals surface area (Å²) in [5.74, 6) is -0.111. The van der Waals surface area contributed by atoms with Crippen molar-refractivity contribution in [3.05, 3.63) is 51.6 Å². The minimum absolute atomic E-state index is 0.0365. The molecule has 1 aliphatic heterocycles. The summed E-state index contributed by atoms with van der Waals surface area (Å²) in [6, 6.07) is 6.77. The van der Waals surface area contributed by atoms with Gasteiger partial charge in [-0.3, -0.25) is 4.79 Å². The first-order chi connectivity index (χ1) is 13.4. The Bertz CT molecular complexity index is 955. The van der Waals surface area contributed by atoms with Gasteiger partial charge in [-0.25, -0.2) is 9.78 Å². The van der Waals surface area contributed by atoms with Gasteiger partial charge in [0, 0.05) is 11.9 Å². The van der Waals surface area contributed by atoms with Gasteiger partial charge in [0.15, 0.2) is 0 Å². The quantitative estimate of drug-likeness (QED) is 0.744.